The van der Waals surface area contributed by atoms with Crippen LogP contribution in [0.5, 0.6) is 0 Å². The van der Waals surface area contributed by atoms with E-state index in [0.717, 1.165) is 0 Å². The Morgan fingerprint density at radius 1 is 1.08 bits per heavy atom. The molecule has 24 heavy (non-hydrogen) atoms. The molecule has 7 heteroatoms. The van der Waals surface area contributed by atoms with E-state index in [2.05, 4.69) is 10.6 Å². The van der Waals surface area contributed by atoms with E-state index in [9.17, 15) is 24.3 Å². The second-order valence-electron chi connectivity index (χ2n) is 5.46. The zero-order valence-electron chi connectivity index (χ0n) is 12.5. The van der Waals surface area contributed by atoms with Gasteiger partial charge in [-0.05, 0) is 22.9 Å². The van der Waals surface area contributed by atoms with Gasteiger partial charge in [0.2, 0.25) is 5.91 Å². The van der Waals surface area contributed by atoms with E-state index in [1.165, 1.54) is 12.1 Å². The third-order valence-electron chi connectivity index (χ3n) is 3.89. The van der Waals surface area contributed by atoms with Crippen LogP contribution in [-0.2, 0) is 9.59 Å². The van der Waals surface area contributed by atoms with Crippen molar-refractivity contribution >= 4 is 34.3 Å². The highest BCUT2D eigenvalue weighted by molar-refractivity contribution is 6.14. The van der Waals surface area contributed by atoms with Crippen LogP contribution in [0.2, 0.25) is 0 Å². The van der Waals surface area contributed by atoms with E-state index in [0.29, 0.717) is 10.8 Å². The molecule has 3 N–H and O–H groups in total. The summed E-state index contributed by atoms with van der Waals surface area (Å²) in [7, 11) is 0. The molecule has 1 unspecified atom stereocenters. The molecule has 2 aromatic carbocycles. The molecule has 0 radical (unpaired) electrons. The minimum Gasteiger partial charge on any atom is -0.478 e. The van der Waals surface area contributed by atoms with Crippen molar-refractivity contribution in [2.24, 2.45) is 0 Å². The summed E-state index contributed by atoms with van der Waals surface area (Å²) in [6.45, 7) is 0.236. The van der Waals surface area contributed by atoms with Crippen LogP contribution in [0.1, 0.15) is 27.1 Å². The van der Waals surface area contributed by atoms with Crippen molar-refractivity contribution in [3.8, 4) is 0 Å². The number of carboxylic acid groups (broad SMARTS) is 1. The summed E-state index contributed by atoms with van der Waals surface area (Å²) in [6.07, 6.45) is 0.125. The first-order chi connectivity index (χ1) is 11.5. The van der Waals surface area contributed by atoms with Gasteiger partial charge in [-0.2, -0.15) is 0 Å². The maximum atomic E-state index is 12.5. The number of amides is 2. The largest absolute Gasteiger partial charge is 0.478 e. The lowest BCUT2D eigenvalue weighted by molar-refractivity contribution is -0.133. The monoisotopic (exact) mass is 326 g/mol. The van der Waals surface area contributed by atoms with E-state index in [4.69, 9.17) is 0 Å². The molecule has 0 spiro atoms. The smallest absolute Gasteiger partial charge is 0.336 e. The predicted molar refractivity (Wildman–Crippen MR) is 84.8 cm³/mol. The molecule has 7 nitrogen and oxygen atoms in total. The van der Waals surface area contributed by atoms with Crippen molar-refractivity contribution in [3.63, 3.8) is 0 Å². The van der Waals surface area contributed by atoms with E-state index in [-0.39, 0.29) is 24.1 Å². The number of benzene rings is 2. The van der Waals surface area contributed by atoms with Crippen molar-refractivity contribution in [1.82, 2.24) is 10.6 Å². The maximum Gasteiger partial charge on any atom is 0.336 e. The molecule has 1 saturated heterocycles. The number of carbonyl (C=O) groups is 4. The second kappa shape index (κ2) is 6.11. The summed E-state index contributed by atoms with van der Waals surface area (Å²) in [5.74, 6) is -3.01. The summed E-state index contributed by atoms with van der Waals surface area (Å²) in [5.41, 5.74) is -0.276. The Balaban J connectivity index is 1.99. The molecule has 1 atom stereocenters. The summed E-state index contributed by atoms with van der Waals surface area (Å²) in [5, 5.41) is 15.5. The minimum atomic E-state index is -1.29. The number of piperidine rings is 1. The summed E-state index contributed by atoms with van der Waals surface area (Å²) in [6, 6.07) is 8.56. The molecule has 2 amide bonds. The van der Waals surface area contributed by atoms with Gasteiger partial charge < -0.3 is 15.7 Å². The number of carboxylic acids is 1. The topological polar surface area (TPSA) is 113 Å². The predicted octanol–water partition coefficient (Wildman–Crippen LogP) is 0.725. The average molecular weight is 326 g/mol. The number of Topliss-reactive ketones (excluding diaryl/α,β-unsaturated/α-hetero) is 1. The molecule has 122 valence electrons. The van der Waals surface area contributed by atoms with Gasteiger partial charge in [0.25, 0.3) is 5.91 Å². The van der Waals surface area contributed by atoms with Gasteiger partial charge in [-0.25, -0.2) is 4.79 Å². The Kier molecular flexibility index (Phi) is 3.99. The van der Waals surface area contributed by atoms with Crippen molar-refractivity contribution in [2.45, 2.75) is 12.5 Å². The summed E-state index contributed by atoms with van der Waals surface area (Å²) in [4.78, 5) is 47.5. The van der Waals surface area contributed by atoms with Gasteiger partial charge in [-0.3, -0.25) is 14.4 Å². The molecule has 1 aliphatic rings. The van der Waals surface area contributed by atoms with Gasteiger partial charge >= 0.3 is 5.97 Å². The molecule has 2 aromatic rings. The second-order valence-corrected chi connectivity index (χ2v) is 5.46. The SMILES string of the molecule is O=C(O)c1cc2ccccc2cc1C(=O)NC1C(=O)CCNC1=O. The first kappa shape index (κ1) is 15.7. The number of rotatable bonds is 3. The first-order valence-electron chi connectivity index (χ1n) is 7.35. The molecule has 3 rings (SSSR count). The molecular formula is C17H14N2O5. The fraction of sp³-hybridized carbons (Fsp3) is 0.176. The van der Waals surface area contributed by atoms with Gasteiger partial charge in [-0.1, -0.05) is 24.3 Å². The number of carbonyl (C=O) groups excluding carboxylic acids is 3. The van der Waals surface area contributed by atoms with E-state index >= 15 is 0 Å². The molecular weight excluding hydrogens is 312 g/mol. The Hall–Kier alpha value is -3.22. The van der Waals surface area contributed by atoms with Crippen LogP contribution >= 0.6 is 0 Å². The van der Waals surface area contributed by atoms with Gasteiger partial charge in [0, 0.05) is 13.0 Å². The molecule has 1 aliphatic heterocycles. The minimum absolute atomic E-state index is 0.0904. The van der Waals surface area contributed by atoms with E-state index in [1.807, 2.05) is 0 Å². The number of aromatic carboxylic acids is 1. The lowest BCUT2D eigenvalue weighted by Crippen LogP contribution is -2.55. The first-order valence-corrected chi connectivity index (χ1v) is 7.35. The van der Waals surface area contributed by atoms with Crippen LogP contribution in [0, 0.1) is 0 Å². The summed E-state index contributed by atoms with van der Waals surface area (Å²) < 4.78 is 0. The zero-order valence-corrected chi connectivity index (χ0v) is 12.5. The van der Waals surface area contributed by atoms with Crippen LogP contribution in [0.3, 0.4) is 0 Å². The van der Waals surface area contributed by atoms with Crippen LogP contribution in [0.25, 0.3) is 10.8 Å². The number of hydrogen-bond acceptors (Lipinski definition) is 4. The van der Waals surface area contributed by atoms with Crippen molar-refractivity contribution in [3.05, 3.63) is 47.5 Å². The van der Waals surface area contributed by atoms with Gasteiger partial charge in [0.1, 0.15) is 0 Å². The fourth-order valence-electron chi connectivity index (χ4n) is 2.66. The van der Waals surface area contributed by atoms with Crippen LogP contribution in [0.15, 0.2) is 36.4 Å². The van der Waals surface area contributed by atoms with Crippen LogP contribution in [-0.4, -0.2) is 41.3 Å². The van der Waals surface area contributed by atoms with Crippen LogP contribution in [0.4, 0.5) is 0 Å². The Morgan fingerprint density at radius 2 is 1.71 bits per heavy atom. The highest BCUT2D eigenvalue weighted by Gasteiger charge is 2.32. The van der Waals surface area contributed by atoms with Crippen molar-refractivity contribution in [1.29, 1.82) is 0 Å². The standard InChI is InChI=1S/C17H14N2O5/c20-13-5-6-18-16(22)14(13)19-15(21)11-7-9-3-1-2-4-10(9)8-12(11)17(23)24/h1-4,7-8,14H,5-6H2,(H,18,22)(H,19,21)(H,23,24). The molecule has 0 aromatic heterocycles. The van der Waals surface area contributed by atoms with E-state index < -0.39 is 29.6 Å². The number of fused-ring (bicyclic) bond motifs is 1. The average Bonchev–Trinajstić information content (AvgIpc) is 2.56. The third-order valence-corrected chi connectivity index (χ3v) is 3.89. The molecule has 0 aliphatic carbocycles. The fourth-order valence-corrected chi connectivity index (χ4v) is 2.66. The van der Waals surface area contributed by atoms with E-state index in [1.54, 1.807) is 24.3 Å². The number of ketones is 1. The zero-order chi connectivity index (χ0) is 17.3. The Bertz CT molecular complexity index is 858. The van der Waals surface area contributed by atoms with Gasteiger partial charge in [0.15, 0.2) is 11.8 Å². The Morgan fingerprint density at radius 3 is 2.29 bits per heavy atom. The quantitative estimate of drug-likeness (QED) is 0.720. The lowest BCUT2D eigenvalue weighted by atomic mass is 9.99. The van der Waals surface area contributed by atoms with Gasteiger partial charge in [-0.15, -0.1) is 0 Å². The van der Waals surface area contributed by atoms with Crippen LogP contribution < -0.4 is 10.6 Å². The maximum absolute atomic E-state index is 12.5. The van der Waals surface area contributed by atoms with Gasteiger partial charge in [0.05, 0.1) is 11.1 Å². The lowest BCUT2D eigenvalue weighted by Gasteiger charge is -2.22. The number of hydrogen-bond donors (Lipinski definition) is 3. The number of nitrogens with one attached hydrogen (secondary N) is 2. The third kappa shape index (κ3) is 2.83. The molecule has 1 fully saturated rings. The molecule has 0 bridgehead atoms. The summed E-state index contributed by atoms with van der Waals surface area (Å²) >= 11 is 0. The highest BCUT2D eigenvalue weighted by atomic mass is 16.4. The normalized spacial score (nSPS) is 17.4. The molecule has 1 heterocycles. The Labute approximate surface area is 136 Å². The molecule has 0 saturated carbocycles. The highest BCUT2D eigenvalue weighted by Crippen LogP contribution is 2.20. The van der Waals surface area contributed by atoms with Crippen molar-refractivity contribution in [2.75, 3.05) is 6.54 Å². The van der Waals surface area contributed by atoms with Crippen molar-refractivity contribution < 1.29 is 24.3 Å².